The van der Waals surface area contributed by atoms with E-state index in [9.17, 15) is 0 Å². The maximum absolute atomic E-state index is 4.63. The van der Waals surface area contributed by atoms with E-state index < -0.39 is 0 Å². The third-order valence-corrected chi connectivity index (χ3v) is 3.26. The van der Waals surface area contributed by atoms with Gasteiger partial charge in [0, 0.05) is 25.8 Å². The summed E-state index contributed by atoms with van der Waals surface area (Å²) in [5, 5.41) is 3.57. The van der Waals surface area contributed by atoms with Crippen LogP contribution in [0.5, 0.6) is 0 Å². The van der Waals surface area contributed by atoms with E-state index in [2.05, 4.69) is 29.4 Å². The first kappa shape index (κ1) is 11.4. The fourth-order valence-electron chi connectivity index (χ4n) is 2.29. The molecular weight excluding hydrogens is 198 g/mol. The van der Waals surface area contributed by atoms with E-state index in [1.807, 2.05) is 19.0 Å². The van der Waals surface area contributed by atoms with Gasteiger partial charge in [-0.3, -0.25) is 0 Å². The number of nitrogens with one attached hydrogen (secondary N) is 1. The van der Waals surface area contributed by atoms with Gasteiger partial charge in [0.1, 0.15) is 5.82 Å². The molecule has 3 heteroatoms. The normalized spacial score (nSPS) is 20.8. The Bertz CT molecular complexity index is 354. The monoisotopic (exact) mass is 219 g/mol. The second kappa shape index (κ2) is 4.83. The molecule has 0 amide bonds. The van der Waals surface area contributed by atoms with Crippen molar-refractivity contribution in [2.45, 2.75) is 32.2 Å². The number of hydrogen-bond acceptors (Lipinski definition) is 3. The van der Waals surface area contributed by atoms with E-state index in [1.165, 1.54) is 24.8 Å². The highest BCUT2D eigenvalue weighted by atomic mass is 15.1. The molecule has 0 saturated carbocycles. The van der Waals surface area contributed by atoms with Crippen LogP contribution in [0.3, 0.4) is 0 Å². The lowest BCUT2D eigenvalue weighted by Gasteiger charge is -2.25. The number of pyridine rings is 1. The number of hydrogen-bond donors (Lipinski definition) is 1. The second-order valence-electron chi connectivity index (χ2n) is 4.74. The molecule has 3 nitrogen and oxygen atoms in total. The maximum Gasteiger partial charge on any atom is 0.128 e. The highest BCUT2D eigenvalue weighted by Gasteiger charge is 2.17. The molecule has 1 aliphatic heterocycles. The minimum absolute atomic E-state index is 0.512. The summed E-state index contributed by atoms with van der Waals surface area (Å²) in [4.78, 5) is 6.68. The van der Waals surface area contributed by atoms with Gasteiger partial charge in [-0.1, -0.05) is 12.5 Å². The molecule has 1 N–H and O–H groups in total. The van der Waals surface area contributed by atoms with Crippen LogP contribution in [-0.4, -0.2) is 25.6 Å². The second-order valence-corrected chi connectivity index (χ2v) is 4.74. The Hall–Kier alpha value is -1.09. The quantitative estimate of drug-likeness (QED) is 0.827. The number of nitrogens with zero attached hydrogens (tertiary/aromatic N) is 2. The van der Waals surface area contributed by atoms with E-state index in [4.69, 9.17) is 0 Å². The van der Waals surface area contributed by atoms with Crippen LogP contribution in [0.15, 0.2) is 12.1 Å². The van der Waals surface area contributed by atoms with Gasteiger partial charge in [0.2, 0.25) is 0 Å². The summed E-state index contributed by atoms with van der Waals surface area (Å²) in [6, 6.07) is 4.84. The van der Waals surface area contributed by atoms with Crippen molar-refractivity contribution in [1.82, 2.24) is 10.3 Å². The molecular formula is C13H21N3. The van der Waals surface area contributed by atoms with Crippen molar-refractivity contribution >= 4 is 5.82 Å². The molecule has 1 atom stereocenters. The van der Waals surface area contributed by atoms with Crippen LogP contribution in [0.1, 0.15) is 36.6 Å². The maximum atomic E-state index is 4.63. The first-order valence-electron chi connectivity index (χ1n) is 6.07. The van der Waals surface area contributed by atoms with Crippen LogP contribution in [0, 0.1) is 6.92 Å². The van der Waals surface area contributed by atoms with Crippen LogP contribution in [-0.2, 0) is 0 Å². The average molecular weight is 219 g/mol. The first-order valence-corrected chi connectivity index (χ1v) is 6.07. The minimum atomic E-state index is 0.512. The van der Waals surface area contributed by atoms with Crippen LogP contribution in [0.25, 0.3) is 0 Å². The van der Waals surface area contributed by atoms with Crippen molar-refractivity contribution in [2.75, 3.05) is 25.5 Å². The Labute approximate surface area is 97.9 Å². The average Bonchev–Trinajstić information content (AvgIpc) is 2.30. The summed E-state index contributed by atoms with van der Waals surface area (Å²) < 4.78 is 0. The van der Waals surface area contributed by atoms with Crippen molar-refractivity contribution in [1.29, 1.82) is 0 Å². The van der Waals surface area contributed by atoms with Crippen LogP contribution < -0.4 is 10.2 Å². The summed E-state index contributed by atoms with van der Waals surface area (Å²) in [6.45, 7) is 3.25. The largest absolute Gasteiger partial charge is 0.363 e. The molecule has 2 heterocycles. The molecule has 88 valence electrons. The van der Waals surface area contributed by atoms with Gasteiger partial charge < -0.3 is 10.2 Å². The Morgan fingerprint density at radius 2 is 2.12 bits per heavy atom. The number of aromatic nitrogens is 1. The third kappa shape index (κ3) is 2.35. The fraction of sp³-hybridized carbons (Fsp3) is 0.615. The molecule has 0 spiro atoms. The third-order valence-electron chi connectivity index (χ3n) is 3.26. The first-order chi connectivity index (χ1) is 7.68. The van der Waals surface area contributed by atoms with E-state index in [1.54, 1.807) is 0 Å². The Balaban J connectivity index is 2.21. The van der Waals surface area contributed by atoms with Crippen molar-refractivity contribution < 1.29 is 0 Å². The van der Waals surface area contributed by atoms with E-state index in [0.29, 0.717) is 6.04 Å². The fourth-order valence-corrected chi connectivity index (χ4v) is 2.29. The molecule has 1 saturated heterocycles. The van der Waals surface area contributed by atoms with Gasteiger partial charge in [-0.15, -0.1) is 0 Å². The van der Waals surface area contributed by atoms with Gasteiger partial charge in [0.05, 0.1) is 0 Å². The van der Waals surface area contributed by atoms with Crippen molar-refractivity contribution in [3.8, 4) is 0 Å². The van der Waals surface area contributed by atoms with Gasteiger partial charge in [-0.25, -0.2) is 4.98 Å². The molecule has 0 aliphatic carbocycles. The molecule has 1 aliphatic rings. The van der Waals surface area contributed by atoms with Gasteiger partial charge in [-0.05, 0) is 37.9 Å². The van der Waals surface area contributed by atoms with Gasteiger partial charge in [0.25, 0.3) is 0 Å². The summed E-state index contributed by atoms with van der Waals surface area (Å²) in [7, 11) is 4.06. The zero-order valence-corrected chi connectivity index (χ0v) is 10.5. The molecule has 1 aromatic rings. The van der Waals surface area contributed by atoms with Gasteiger partial charge in [0.15, 0.2) is 0 Å². The summed E-state index contributed by atoms with van der Waals surface area (Å²) in [5.41, 5.74) is 2.52. The van der Waals surface area contributed by atoms with E-state index in [0.717, 1.165) is 18.1 Å². The lowest BCUT2D eigenvalue weighted by molar-refractivity contribution is 0.410. The Kier molecular flexibility index (Phi) is 3.44. The van der Waals surface area contributed by atoms with E-state index >= 15 is 0 Å². The highest BCUT2D eigenvalue weighted by Crippen LogP contribution is 2.25. The summed E-state index contributed by atoms with van der Waals surface area (Å²) in [6.07, 6.45) is 3.87. The smallest absolute Gasteiger partial charge is 0.128 e. The number of anilines is 1. The Morgan fingerprint density at radius 1 is 1.31 bits per heavy atom. The molecule has 1 fully saturated rings. The van der Waals surface area contributed by atoms with E-state index in [-0.39, 0.29) is 0 Å². The number of rotatable bonds is 2. The molecule has 0 radical (unpaired) electrons. The van der Waals surface area contributed by atoms with Crippen molar-refractivity contribution in [3.05, 3.63) is 23.4 Å². The molecule has 2 rings (SSSR count). The standard InChI is InChI=1S/C13H21N3/c1-10-11(12-6-4-5-9-14-12)7-8-13(15-10)16(2)3/h7-8,12,14H,4-6,9H2,1-3H3. The predicted molar refractivity (Wildman–Crippen MR) is 67.9 cm³/mol. The Morgan fingerprint density at radius 3 is 2.69 bits per heavy atom. The SMILES string of the molecule is Cc1nc(N(C)C)ccc1C1CCCCN1. The van der Waals surface area contributed by atoms with Crippen LogP contribution >= 0.6 is 0 Å². The van der Waals surface area contributed by atoms with Crippen LogP contribution in [0.2, 0.25) is 0 Å². The zero-order chi connectivity index (χ0) is 11.5. The topological polar surface area (TPSA) is 28.2 Å². The summed E-state index contributed by atoms with van der Waals surface area (Å²) in [5.74, 6) is 1.04. The zero-order valence-electron chi connectivity index (χ0n) is 10.5. The van der Waals surface area contributed by atoms with Gasteiger partial charge >= 0.3 is 0 Å². The lowest BCUT2D eigenvalue weighted by atomic mass is 9.96. The molecule has 0 aromatic carbocycles. The highest BCUT2D eigenvalue weighted by molar-refractivity contribution is 5.40. The van der Waals surface area contributed by atoms with Gasteiger partial charge in [-0.2, -0.15) is 0 Å². The van der Waals surface area contributed by atoms with Crippen molar-refractivity contribution in [2.24, 2.45) is 0 Å². The minimum Gasteiger partial charge on any atom is -0.363 e. The summed E-state index contributed by atoms with van der Waals surface area (Å²) >= 11 is 0. The molecule has 1 aromatic heterocycles. The molecule has 0 bridgehead atoms. The number of piperidine rings is 1. The molecule has 16 heavy (non-hydrogen) atoms. The van der Waals surface area contributed by atoms with Crippen molar-refractivity contribution in [3.63, 3.8) is 0 Å². The lowest BCUT2D eigenvalue weighted by Crippen LogP contribution is -2.27. The van der Waals surface area contributed by atoms with Crippen LogP contribution in [0.4, 0.5) is 5.82 Å². The molecule has 1 unspecified atom stereocenters. The number of aryl methyl sites for hydroxylation is 1. The predicted octanol–water partition coefficient (Wildman–Crippen LogP) is 2.27.